The number of halogens is 1. The fourth-order valence-electron chi connectivity index (χ4n) is 2.42. The number of nitrogens with zero attached hydrogens (tertiary/aromatic N) is 3. The van der Waals surface area contributed by atoms with Crippen molar-refractivity contribution in [2.75, 3.05) is 18.9 Å². The monoisotopic (exact) mass is 392 g/mol. The summed E-state index contributed by atoms with van der Waals surface area (Å²) in [6, 6.07) is 7.35. The number of carbonyl (C=O) groups is 2. The number of benzene rings is 1. The molecule has 0 radical (unpaired) electrons. The minimum absolute atomic E-state index is 0.00146. The molecule has 1 N–H and O–H groups in total. The normalized spacial score (nSPS) is 10.5. The lowest BCUT2D eigenvalue weighted by atomic mass is 10.1. The number of para-hydroxylation sites is 1. The van der Waals surface area contributed by atoms with Crippen LogP contribution in [0.25, 0.3) is 0 Å². The zero-order valence-electron chi connectivity index (χ0n) is 14.3. The summed E-state index contributed by atoms with van der Waals surface area (Å²) in [5.41, 5.74) is 3.41. The standard InChI is InChI=1S/C17H21BrN4O2/c1-11-13(12(2)22(4)20-11)9-17(24)21(3)10-16(23)19-15-8-6-5-7-14(15)18/h5-8H,9-10H2,1-4H3,(H,19,23). The molecule has 1 aromatic carbocycles. The number of carbonyl (C=O) groups excluding carboxylic acids is 2. The summed E-state index contributed by atoms with van der Waals surface area (Å²) in [6.07, 6.45) is 0.240. The summed E-state index contributed by atoms with van der Waals surface area (Å²) in [5.74, 6) is -0.353. The Morgan fingerprint density at radius 2 is 1.96 bits per heavy atom. The molecule has 0 aliphatic heterocycles. The van der Waals surface area contributed by atoms with Crippen molar-refractivity contribution in [1.29, 1.82) is 0 Å². The average molecular weight is 393 g/mol. The quantitative estimate of drug-likeness (QED) is 0.849. The molecule has 7 heteroatoms. The summed E-state index contributed by atoms with van der Waals surface area (Å²) >= 11 is 3.38. The third-order valence-corrected chi connectivity index (χ3v) is 4.63. The molecule has 2 aromatic rings. The van der Waals surface area contributed by atoms with Gasteiger partial charge >= 0.3 is 0 Å². The van der Waals surface area contributed by atoms with Crippen LogP contribution in [0.2, 0.25) is 0 Å². The maximum absolute atomic E-state index is 12.4. The van der Waals surface area contributed by atoms with Crippen molar-refractivity contribution < 1.29 is 9.59 Å². The van der Waals surface area contributed by atoms with Gasteiger partial charge in [0.15, 0.2) is 0 Å². The van der Waals surface area contributed by atoms with Gasteiger partial charge in [-0.25, -0.2) is 0 Å². The van der Waals surface area contributed by atoms with Crippen LogP contribution in [-0.2, 0) is 23.1 Å². The SMILES string of the molecule is Cc1nn(C)c(C)c1CC(=O)N(C)CC(=O)Nc1ccccc1Br. The fourth-order valence-corrected chi connectivity index (χ4v) is 2.80. The Kier molecular flexibility index (Phi) is 5.77. The highest BCUT2D eigenvalue weighted by molar-refractivity contribution is 9.10. The lowest BCUT2D eigenvalue weighted by Gasteiger charge is -2.17. The molecule has 1 heterocycles. The number of amides is 2. The van der Waals surface area contributed by atoms with Crippen LogP contribution in [0, 0.1) is 13.8 Å². The number of aryl methyl sites for hydroxylation is 2. The summed E-state index contributed by atoms with van der Waals surface area (Å²) in [4.78, 5) is 25.9. The molecule has 0 aliphatic rings. The van der Waals surface area contributed by atoms with Crippen molar-refractivity contribution in [2.45, 2.75) is 20.3 Å². The molecule has 0 unspecified atom stereocenters. The Morgan fingerprint density at radius 3 is 2.54 bits per heavy atom. The molecule has 0 saturated carbocycles. The van der Waals surface area contributed by atoms with Gasteiger partial charge in [0.05, 0.1) is 24.3 Å². The predicted molar refractivity (Wildman–Crippen MR) is 96.8 cm³/mol. The summed E-state index contributed by atoms with van der Waals surface area (Å²) < 4.78 is 2.56. The van der Waals surface area contributed by atoms with Gasteiger partial charge < -0.3 is 10.2 Å². The maximum atomic E-state index is 12.4. The van der Waals surface area contributed by atoms with E-state index in [1.54, 1.807) is 17.8 Å². The van der Waals surface area contributed by atoms with Crippen molar-refractivity contribution in [3.8, 4) is 0 Å². The van der Waals surface area contributed by atoms with Crippen molar-refractivity contribution in [3.63, 3.8) is 0 Å². The van der Waals surface area contributed by atoms with Gasteiger partial charge in [-0.05, 0) is 41.9 Å². The molecular weight excluding hydrogens is 372 g/mol. The molecule has 0 spiro atoms. The highest BCUT2D eigenvalue weighted by atomic mass is 79.9. The lowest BCUT2D eigenvalue weighted by molar-refractivity contribution is -0.132. The smallest absolute Gasteiger partial charge is 0.244 e. The molecule has 0 aliphatic carbocycles. The highest BCUT2D eigenvalue weighted by Gasteiger charge is 2.18. The first kappa shape index (κ1) is 18.2. The molecule has 128 valence electrons. The first-order valence-electron chi connectivity index (χ1n) is 7.57. The van der Waals surface area contributed by atoms with Crippen LogP contribution in [0.3, 0.4) is 0 Å². The Labute approximate surface area is 150 Å². The van der Waals surface area contributed by atoms with Crippen LogP contribution in [0.1, 0.15) is 17.0 Å². The van der Waals surface area contributed by atoms with Crippen molar-refractivity contribution in [1.82, 2.24) is 14.7 Å². The van der Waals surface area contributed by atoms with Gasteiger partial charge in [0.1, 0.15) is 0 Å². The van der Waals surface area contributed by atoms with Gasteiger partial charge in [0, 0.05) is 29.8 Å². The topological polar surface area (TPSA) is 67.2 Å². The van der Waals surface area contributed by atoms with E-state index in [0.29, 0.717) is 5.69 Å². The third kappa shape index (κ3) is 4.23. The summed E-state index contributed by atoms with van der Waals surface area (Å²) in [7, 11) is 3.48. The highest BCUT2D eigenvalue weighted by Crippen LogP contribution is 2.21. The van der Waals surface area contributed by atoms with E-state index in [0.717, 1.165) is 21.4 Å². The van der Waals surface area contributed by atoms with Crippen LogP contribution in [0.5, 0.6) is 0 Å². The summed E-state index contributed by atoms with van der Waals surface area (Å²) in [6.45, 7) is 3.82. The van der Waals surface area contributed by atoms with Gasteiger partial charge in [0.2, 0.25) is 11.8 Å². The lowest BCUT2D eigenvalue weighted by Crippen LogP contribution is -2.36. The predicted octanol–water partition coefficient (Wildman–Crippen LogP) is 2.44. The molecular formula is C17H21BrN4O2. The van der Waals surface area contributed by atoms with E-state index >= 15 is 0 Å². The minimum Gasteiger partial charge on any atom is -0.336 e. The molecule has 24 heavy (non-hydrogen) atoms. The number of hydrogen-bond acceptors (Lipinski definition) is 3. The number of nitrogens with one attached hydrogen (secondary N) is 1. The Balaban J connectivity index is 1.96. The van der Waals surface area contributed by atoms with Crippen LogP contribution in [-0.4, -0.2) is 40.1 Å². The van der Waals surface area contributed by atoms with E-state index in [1.807, 2.05) is 39.1 Å². The summed E-state index contributed by atoms with van der Waals surface area (Å²) in [5, 5.41) is 7.10. The number of aromatic nitrogens is 2. The average Bonchev–Trinajstić information content (AvgIpc) is 2.75. The van der Waals surface area contributed by atoms with E-state index < -0.39 is 0 Å². The van der Waals surface area contributed by atoms with Gasteiger partial charge in [-0.2, -0.15) is 5.10 Å². The van der Waals surface area contributed by atoms with E-state index in [-0.39, 0.29) is 24.8 Å². The van der Waals surface area contributed by atoms with E-state index in [2.05, 4.69) is 26.3 Å². The number of hydrogen-bond donors (Lipinski definition) is 1. The van der Waals surface area contributed by atoms with E-state index in [4.69, 9.17) is 0 Å². The van der Waals surface area contributed by atoms with Gasteiger partial charge in [-0.1, -0.05) is 12.1 Å². The van der Waals surface area contributed by atoms with Gasteiger partial charge in [0.25, 0.3) is 0 Å². The molecule has 2 rings (SSSR count). The van der Waals surface area contributed by atoms with Gasteiger partial charge in [-0.3, -0.25) is 14.3 Å². The molecule has 0 bridgehead atoms. The first-order chi connectivity index (χ1) is 11.3. The molecule has 2 amide bonds. The maximum Gasteiger partial charge on any atom is 0.244 e. The number of anilines is 1. The first-order valence-corrected chi connectivity index (χ1v) is 8.36. The zero-order chi connectivity index (χ0) is 17.9. The van der Waals surface area contributed by atoms with E-state index in [1.165, 1.54) is 4.90 Å². The van der Waals surface area contributed by atoms with Crippen LogP contribution >= 0.6 is 15.9 Å². The van der Waals surface area contributed by atoms with Crippen LogP contribution in [0.4, 0.5) is 5.69 Å². The Morgan fingerprint density at radius 1 is 1.29 bits per heavy atom. The van der Waals surface area contributed by atoms with Crippen LogP contribution in [0.15, 0.2) is 28.7 Å². The minimum atomic E-state index is -0.239. The molecule has 0 saturated heterocycles. The van der Waals surface area contributed by atoms with Crippen molar-refractivity contribution >= 4 is 33.4 Å². The second kappa shape index (κ2) is 7.61. The second-order valence-electron chi connectivity index (χ2n) is 5.73. The Hall–Kier alpha value is -2.15. The fraction of sp³-hybridized carbons (Fsp3) is 0.353. The number of rotatable bonds is 5. The molecule has 0 fully saturated rings. The number of likely N-dealkylation sites (N-methyl/N-ethyl adjacent to an activating group) is 1. The zero-order valence-corrected chi connectivity index (χ0v) is 15.8. The molecule has 1 aromatic heterocycles. The van der Waals surface area contributed by atoms with Gasteiger partial charge in [-0.15, -0.1) is 0 Å². The van der Waals surface area contributed by atoms with Crippen LogP contribution < -0.4 is 5.32 Å². The molecule has 6 nitrogen and oxygen atoms in total. The van der Waals surface area contributed by atoms with E-state index in [9.17, 15) is 9.59 Å². The van der Waals surface area contributed by atoms with Crippen molar-refractivity contribution in [2.24, 2.45) is 7.05 Å². The molecule has 0 atom stereocenters. The second-order valence-corrected chi connectivity index (χ2v) is 6.58. The van der Waals surface area contributed by atoms with Crippen molar-refractivity contribution in [3.05, 3.63) is 45.7 Å². The largest absolute Gasteiger partial charge is 0.336 e. The third-order valence-electron chi connectivity index (χ3n) is 3.94. The Bertz CT molecular complexity index is 770.